The number of aromatic amines is 1. The SMILES string of the molecule is CC(C)c1ccc2[nH]c(=O)c(CCNS(=O)(=O)Cc3ccccc3)cc2c1. The van der Waals surface area contributed by atoms with Gasteiger partial charge in [0, 0.05) is 17.6 Å². The Hall–Kier alpha value is -2.44. The fourth-order valence-electron chi connectivity index (χ4n) is 3.00. The Morgan fingerprint density at radius 3 is 2.48 bits per heavy atom. The molecule has 142 valence electrons. The third-order valence-electron chi connectivity index (χ3n) is 4.53. The van der Waals surface area contributed by atoms with E-state index in [0.29, 0.717) is 17.9 Å². The Labute approximate surface area is 159 Å². The molecule has 0 saturated heterocycles. The largest absolute Gasteiger partial charge is 0.322 e. The van der Waals surface area contributed by atoms with Crippen LogP contribution in [0.4, 0.5) is 0 Å². The highest BCUT2D eigenvalue weighted by Gasteiger charge is 2.12. The second kappa shape index (κ2) is 8.06. The number of hydrogen-bond donors (Lipinski definition) is 2. The van der Waals surface area contributed by atoms with Crippen LogP contribution in [-0.4, -0.2) is 19.9 Å². The van der Waals surface area contributed by atoms with Crippen molar-refractivity contribution in [3.63, 3.8) is 0 Å². The van der Waals surface area contributed by atoms with Gasteiger partial charge in [0.25, 0.3) is 5.56 Å². The van der Waals surface area contributed by atoms with E-state index in [2.05, 4.69) is 29.6 Å². The average Bonchev–Trinajstić information content (AvgIpc) is 2.62. The number of benzene rings is 2. The van der Waals surface area contributed by atoms with Crippen LogP contribution in [0.25, 0.3) is 10.9 Å². The number of H-pyrrole nitrogens is 1. The maximum absolute atomic E-state index is 12.3. The second-order valence-electron chi connectivity index (χ2n) is 7.01. The molecule has 1 aromatic heterocycles. The van der Waals surface area contributed by atoms with Gasteiger partial charge >= 0.3 is 0 Å². The van der Waals surface area contributed by atoms with Crippen LogP contribution in [0, 0.1) is 0 Å². The molecule has 0 amide bonds. The predicted octanol–water partition coefficient (Wildman–Crippen LogP) is 3.31. The van der Waals surface area contributed by atoms with Gasteiger partial charge in [0.2, 0.25) is 10.0 Å². The van der Waals surface area contributed by atoms with Crippen LogP contribution in [0.1, 0.15) is 36.5 Å². The topological polar surface area (TPSA) is 79.0 Å². The molecule has 0 aliphatic carbocycles. The van der Waals surface area contributed by atoms with Gasteiger partial charge in [-0.25, -0.2) is 13.1 Å². The first-order valence-corrected chi connectivity index (χ1v) is 10.7. The van der Waals surface area contributed by atoms with Crippen LogP contribution in [0.5, 0.6) is 0 Å². The molecule has 2 N–H and O–H groups in total. The van der Waals surface area contributed by atoms with Crippen LogP contribution in [0.3, 0.4) is 0 Å². The lowest BCUT2D eigenvalue weighted by Gasteiger charge is -2.09. The van der Waals surface area contributed by atoms with Gasteiger partial charge in [0.1, 0.15) is 0 Å². The summed E-state index contributed by atoms with van der Waals surface area (Å²) in [5.41, 5.74) is 3.12. The lowest BCUT2D eigenvalue weighted by Crippen LogP contribution is -2.28. The van der Waals surface area contributed by atoms with Crippen molar-refractivity contribution in [2.24, 2.45) is 0 Å². The number of rotatable bonds is 7. The van der Waals surface area contributed by atoms with Crippen molar-refractivity contribution in [1.29, 1.82) is 0 Å². The number of hydrogen-bond acceptors (Lipinski definition) is 3. The molecular formula is C21H24N2O3S. The Morgan fingerprint density at radius 1 is 1.04 bits per heavy atom. The van der Waals surface area contributed by atoms with Crippen molar-refractivity contribution in [2.45, 2.75) is 31.9 Å². The highest BCUT2D eigenvalue weighted by Crippen LogP contribution is 2.20. The fraction of sp³-hybridized carbons (Fsp3) is 0.286. The maximum Gasteiger partial charge on any atom is 0.251 e. The van der Waals surface area contributed by atoms with Gasteiger partial charge in [0.05, 0.1) is 5.75 Å². The van der Waals surface area contributed by atoms with E-state index < -0.39 is 10.0 Å². The van der Waals surface area contributed by atoms with Gasteiger partial charge < -0.3 is 4.98 Å². The van der Waals surface area contributed by atoms with E-state index in [1.807, 2.05) is 36.4 Å². The minimum atomic E-state index is -3.44. The van der Waals surface area contributed by atoms with E-state index >= 15 is 0 Å². The molecule has 0 aliphatic heterocycles. The molecule has 27 heavy (non-hydrogen) atoms. The van der Waals surface area contributed by atoms with E-state index in [1.165, 1.54) is 5.56 Å². The van der Waals surface area contributed by atoms with Gasteiger partial charge in [-0.05, 0) is 47.1 Å². The number of nitrogens with one attached hydrogen (secondary N) is 2. The summed E-state index contributed by atoms with van der Waals surface area (Å²) in [6.07, 6.45) is 0.338. The number of sulfonamides is 1. The van der Waals surface area contributed by atoms with E-state index in [4.69, 9.17) is 0 Å². The zero-order valence-corrected chi connectivity index (χ0v) is 16.3. The molecule has 0 saturated carbocycles. The van der Waals surface area contributed by atoms with Gasteiger partial charge in [-0.15, -0.1) is 0 Å². The molecule has 2 aromatic carbocycles. The average molecular weight is 385 g/mol. The van der Waals surface area contributed by atoms with E-state index in [1.54, 1.807) is 12.1 Å². The molecule has 0 spiro atoms. The summed E-state index contributed by atoms with van der Waals surface area (Å²) in [5, 5.41) is 0.961. The first-order valence-electron chi connectivity index (χ1n) is 9.01. The monoisotopic (exact) mass is 384 g/mol. The Kier molecular flexibility index (Phi) is 5.77. The van der Waals surface area contributed by atoms with Gasteiger partial charge in [-0.2, -0.15) is 0 Å². The van der Waals surface area contributed by atoms with Crippen molar-refractivity contribution < 1.29 is 8.42 Å². The number of aromatic nitrogens is 1. The molecule has 1 heterocycles. The Balaban J connectivity index is 1.71. The molecule has 3 aromatic rings. The van der Waals surface area contributed by atoms with Crippen molar-refractivity contribution in [3.05, 3.63) is 81.6 Å². The van der Waals surface area contributed by atoms with E-state index in [0.717, 1.165) is 16.5 Å². The molecule has 0 aliphatic rings. The van der Waals surface area contributed by atoms with Gasteiger partial charge in [-0.3, -0.25) is 4.79 Å². The summed E-state index contributed by atoms with van der Waals surface area (Å²) in [7, 11) is -3.44. The summed E-state index contributed by atoms with van der Waals surface area (Å²) < 4.78 is 27.0. The molecule has 6 heteroatoms. The molecule has 3 rings (SSSR count). The van der Waals surface area contributed by atoms with E-state index in [-0.39, 0.29) is 17.9 Å². The quantitative estimate of drug-likeness (QED) is 0.656. The molecule has 5 nitrogen and oxygen atoms in total. The smallest absolute Gasteiger partial charge is 0.251 e. The summed E-state index contributed by atoms with van der Waals surface area (Å²) in [5.74, 6) is 0.328. The fourth-order valence-corrected chi connectivity index (χ4v) is 4.15. The van der Waals surface area contributed by atoms with Gasteiger partial charge in [-0.1, -0.05) is 50.2 Å². The minimum absolute atomic E-state index is 0.0698. The molecule has 0 bridgehead atoms. The second-order valence-corrected chi connectivity index (χ2v) is 8.82. The first-order chi connectivity index (χ1) is 12.8. The lowest BCUT2D eigenvalue weighted by molar-refractivity contribution is 0.580. The van der Waals surface area contributed by atoms with Crippen LogP contribution in [0.15, 0.2) is 59.4 Å². The number of pyridine rings is 1. The van der Waals surface area contributed by atoms with Crippen molar-refractivity contribution in [2.75, 3.05) is 6.54 Å². The predicted molar refractivity (Wildman–Crippen MR) is 109 cm³/mol. The zero-order chi connectivity index (χ0) is 19.4. The maximum atomic E-state index is 12.3. The summed E-state index contributed by atoms with van der Waals surface area (Å²) in [6.45, 7) is 4.43. The van der Waals surface area contributed by atoms with Crippen molar-refractivity contribution >= 4 is 20.9 Å². The molecule has 0 unspecified atom stereocenters. The highest BCUT2D eigenvalue weighted by atomic mass is 32.2. The van der Waals surface area contributed by atoms with Crippen LogP contribution >= 0.6 is 0 Å². The molecular weight excluding hydrogens is 360 g/mol. The normalized spacial score (nSPS) is 12.0. The third kappa shape index (κ3) is 5.05. The molecule has 0 fully saturated rings. The summed E-state index contributed by atoms with van der Waals surface area (Å²) in [4.78, 5) is 15.1. The lowest BCUT2D eigenvalue weighted by atomic mass is 10.0. The third-order valence-corrected chi connectivity index (χ3v) is 5.89. The number of fused-ring (bicyclic) bond motifs is 1. The highest BCUT2D eigenvalue weighted by molar-refractivity contribution is 7.88. The Morgan fingerprint density at radius 2 is 1.78 bits per heavy atom. The zero-order valence-electron chi connectivity index (χ0n) is 15.5. The summed E-state index contributed by atoms with van der Waals surface area (Å²) >= 11 is 0. The Bertz CT molecular complexity index is 1090. The first kappa shape index (κ1) is 19.3. The van der Waals surface area contributed by atoms with Crippen molar-refractivity contribution in [1.82, 2.24) is 9.71 Å². The molecule has 0 radical (unpaired) electrons. The standard InChI is InChI=1S/C21H24N2O3S/c1-15(2)17-8-9-20-19(12-17)13-18(21(24)23-20)10-11-22-27(25,26)14-16-6-4-3-5-7-16/h3-9,12-13,15,22H,10-11,14H2,1-2H3,(H,23,24). The van der Waals surface area contributed by atoms with Crippen molar-refractivity contribution in [3.8, 4) is 0 Å². The van der Waals surface area contributed by atoms with Crippen LogP contribution in [0.2, 0.25) is 0 Å². The minimum Gasteiger partial charge on any atom is -0.322 e. The van der Waals surface area contributed by atoms with E-state index in [9.17, 15) is 13.2 Å². The van der Waals surface area contributed by atoms with Gasteiger partial charge in [0.15, 0.2) is 0 Å². The van der Waals surface area contributed by atoms with Crippen LogP contribution in [-0.2, 0) is 22.2 Å². The summed E-state index contributed by atoms with van der Waals surface area (Å²) in [6, 6.07) is 16.9. The molecule has 0 atom stereocenters. The van der Waals surface area contributed by atoms with Crippen LogP contribution < -0.4 is 10.3 Å².